The fraction of sp³-hybridized carbons (Fsp3) is 0.333. The monoisotopic (exact) mass is 463 g/mol. The number of halogens is 4. The molecule has 12 heteroatoms. The molecule has 1 N–H and O–H groups in total. The highest BCUT2D eigenvalue weighted by Gasteiger charge is 2.34. The fourth-order valence-corrected chi connectivity index (χ4v) is 4.97. The smallest absolute Gasteiger partial charge is 0.406 e. The molecule has 162 valence electrons. The van der Waals surface area contributed by atoms with Crippen molar-refractivity contribution in [3.63, 3.8) is 0 Å². The molecule has 0 saturated carbocycles. The van der Waals surface area contributed by atoms with Crippen LogP contribution in [0.3, 0.4) is 0 Å². The van der Waals surface area contributed by atoms with Gasteiger partial charge in [0.05, 0.1) is 0 Å². The van der Waals surface area contributed by atoms with Gasteiger partial charge in [-0.2, -0.15) is 4.31 Å². The lowest BCUT2D eigenvalue weighted by molar-refractivity contribution is -0.274. The molecule has 0 bridgehead atoms. The second-order valence-electron chi connectivity index (χ2n) is 6.54. The molecule has 0 atom stereocenters. The molecule has 0 unspecified atom stereocenters. The van der Waals surface area contributed by atoms with Crippen molar-refractivity contribution < 1.29 is 31.1 Å². The Hall–Kier alpha value is -2.37. The van der Waals surface area contributed by atoms with Gasteiger partial charge in [-0.3, -0.25) is 4.79 Å². The molecule has 2 heterocycles. The highest BCUT2D eigenvalue weighted by Crippen LogP contribution is 2.29. The number of nitrogens with zero attached hydrogens (tertiary/aromatic N) is 2. The average Bonchev–Trinajstić information content (AvgIpc) is 2.67. The van der Waals surface area contributed by atoms with E-state index >= 15 is 0 Å². The Balaban J connectivity index is 1.61. The van der Waals surface area contributed by atoms with Crippen LogP contribution in [-0.4, -0.2) is 43.1 Å². The number of amides is 1. The number of hydrogen-bond donors (Lipinski definition) is 1. The lowest BCUT2D eigenvalue weighted by Crippen LogP contribution is -2.41. The second kappa shape index (κ2) is 8.78. The van der Waals surface area contributed by atoms with E-state index in [0.29, 0.717) is 0 Å². The third kappa shape index (κ3) is 5.41. The fourth-order valence-electron chi connectivity index (χ4n) is 3.08. The second-order valence-corrected chi connectivity index (χ2v) is 8.80. The minimum Gasteiger partial charge on any atom is -0.406 e. The number of piperidine rings is 1. The van der Waals surface area contributed by atoms with Crippen molar-refractivity contribution in [2.75, 3.05) is 18.4 Å². The van der Waals surface area contributed by atoms with Gasteiger partial charge in [0, 0.05) is 37.0 Å². The van der Waals surface area contributed by atoms with Crippen LogP contribution in [0.4, 0.5) is 18.9 Å². The van der Waals surface area contributed by atoms with Crippen LogP contribution >= 0.6 is 11.6 Å². The molecule has 1 aliphatic heterocycles. The molecule has 1 fully saturated rings. The van der Waals surface area contributed by atoms with Gasteiger partial charge in [0.2, 0.25) is 15.9 Å². The summed E-state index contributed by atoms with van der Waals surface area (Å²) in [6.07, 6.45) is -2.95. The number of aromatic nitrogens is 1. The van der Waals surface area contributed by atoms with Crippen LogP contribution in [0.1, 0.15) is 12.8 Å². The van der Waals surface area contributed by atoms with E-state index in [-0.39, 0.29) is 41.7 Å². The predicted octanol–water partition coefficient (Wildman–Crippen LogP) is 3.67. The Kier molecular flexibility index (Phi) is 6.53. The van der Waals surface area contributed by atoms with Gasteiger partial charge in [-0.1, -0.05) is 17.7 Å². The molecule has 0 radical (unpaired) electrons. The van der Waals surface area contributed by atoms with Crippen LogP contribution in [0.25, 0.3) is 0 Å². The molecule has 3 rings (SSSR count). The van der Waals surface area contributed by atoms with Crippen LogP contribution in [0, 0.1) is 5.92 Å². The van der Waals surface area contributed by atoms with E-state index in [9.17, 15) is 26.4 Å². The van der Waals surface area contributed by atoms with Crippen LogP contribution in [-0.2, 0) is 14.8 Å². The molecule has 2 aromatic rings. The first kappa shape index (κ1) is 22.3. The molecule has 1 aromatic carbocycles. The molecule has 7 nitrogen and oxygen atoms in total. The minimum absolute atomic E-state index is 0.100. The van der Waals surface area contributed by atoms with E-state index < -0.39 is 34.0 Å². The van der Waals surface area contributed by atoms with E-state index in [4.69, 9.17) is 11.6 Å². The summed E-state index contributed by atoms with van der Waals surface area (Å²) < 4.78 is 67.5. The maximum atomic E-state index is 12.7. The number of nitrogens with one attached hydrogen (secondary N) is 1. The van der Waals surface area contributed by atoms with E-state index in [1.807, 2.05) is 0 Å². The average molecular weight is 464 g/mol. The Morgan fingerprint density at radius 3 is 2.53 bits per heavy atom. The molecular weight excluding hydrogens is 447 g/mol. The molecule has 1 aromatic heterocycles. The number of pyridine rings is 1. The summed E-state index contributed by atoms with van der Waals surface area (Å²) >= 11 is 5.89. The van der Waals surface area contributed by atoms with Crippen molar-refractivity contribution in [1.82, 2.24) is 9.29 Å². The molecule has 0 spiro atoms. The first-order valence-electron chi connectivity index (χ1n) is 8.83. The van der Waals surface area contributed by atoms with E-state index in [2.05, 4.69) is 15.0 Å². The third-order valence-electron chi connectivity index (χ3n) is 4.50. The molecule has 30 heavy (non-hydrogen) atoms. The predicted molar refractivity (Wildman–Crippen MR) is 102 cm³/mol. The summed E-state index contributed by atoms with van der Waals surface area (Å²) in [7, 11) is -3.84. The number of hydrogen-bond acceptors (Lipinski definition) is 5. The number of anilines is 1. The summed E-state index contributed by atoms with van der Waals surface area (Å²) in [6.45, 7) is 0.200. The van der Waals surface area contributed by atoms with Gasteiger partial charge < -0.3 is 10.1 Å². The van der Waals surface area contributed by atoms with Gasteiger partial charge in [0.15, 0.2) is 0 Å². The molecule has 1 aliphatic rings. The largest absolute Gasteiger partial charge is 0.573 e. The zero-order valence-electron chi connectivity index (χ0n) is 15.4. The van der Waals surface area contributed by atoms with Gasteiger partial charge >= 0.3 is 6.36 Å². The van der Waals surface area contributed by atoms with Crippen LogP contribution in [0.15, 0.2) is 47.5 Å². The normalized spacial score (nSPS) is 16.3. The van der Waals surface area contributed by atoms with Gasteiger partial charge in [0.25, 0.3) is 0 Å². The minimum atomic E-state index is -4.84. The SMILES string of the molecule is O=C(Nc1cccc(OC(F)(F)F)c1)C1CCN(S(=O)(=O)c2cccnc2Cl)CC1. The highest BCUT2D eigenvalue weighted by atomic mass is 35.5. The zero-order chi connectivity index (χ0) is 21.9. The number of benzene rings is 1. The summed E-state index contributed by atoms with van der Waals surface area (Å²) in [5.74, 6) is -1.35. The van der Waals surface area contributed by atoms with Crippen molar-refractivity contribution >= 4 is 33.2 Å². The Morgan fingerprint density at radius 1 is 1.20 bits per heavy atom. The summed E-state index contributed by atoms with van der Waals surface area (Å²) in [5, 5.41) is 2.42. The quantitative estimate of drug-likeness (QED) is 0.683. The summed E-state index contributed by atoms with van der Waals surface area (Å²) in [6, 6.07) is 7.77. The number of alkyl halides is 3. The maximum Gasteiger partial charge on any atom is 0.573 e. The maximum absolute atomic E-state index is 12.7. The number of rotatable bonds is 5. The molecule has 1 saturated heterocycles. The molecule has 0 aliphatic carbocycles. The Bertz CT molecular complexity index is 1030. The van der Waals surface area contributed by atoms with Crippen LogP contribution < -0.4 is 10.1 Å². The molecule has 1 amide bonds. The summed E-state index contributed by atoms with van der Waals surface area (Å²) in [4.78, 5) is 16.1. The van der Waals surface area contributed by atoms with Gasteiger partial charge in [-0.15, -0.1) is 13.2 Å². The first-order valence-corrected chi connectivity index (χ1v) is 10.7. The van der Waals surface area contributed by atoms with Crippen LogP contribution in [0.2, 0.25) is 5.15 Å². The van der Waals surface area contributed by atoms with Crippen molar-refractivity contribution in [3.05, 3.63) is 47.7 Å². The third-order valence-corrected chi connectivity index (χ3v) is 6.85. The van der Waals surface area contributed by atoms with Gasteiger partial charge in [0.1, 0.15) is 15.8 Å². The van der Waals surface area contributed by atoms with Crippen LogP contribution in [0.5, 0.6) is 5.75 Å². The topological polar surface area (TPSA) is 88.6 Å². The van der Waals surface area contributed by atoms with E-state index in [1.54, 1.807) is 0 Å². The highest BCUT2D eigenvalue weighted by molar-refractivity contribution is 7.89. The van der Waals surface area contributed by atoms with Crippen molar-refractivity contribution in [2.24, 2.45) is 5.92 Å². The molecular formula is C18H17ClF3N3O4S. The number of carbonyl (C=O) groups is 1. The van der Waals surface area contributed by atoms with Crippen molar-refractivity contribution in [3.8, 4) is 5.75 Å². The van der Waals surface area contributed by atoms with Crippen molar-refractivity contribution in [1.29, 1.82) is 0 Å². The van der Waals surface area contributed by atoms with Crippen molar-refractivity contribution in [2.45, 2.75) is 24.1 Å². The van der Waals surface area contributed by atoms with E-state index in [1.165, 1.54) is 34.8 Å². The lowest BCUT2D eigenvalue weighted by atomic mass is 9.97. The van der Waals surface area contributed by atoms with Gasteiger partial charge in [-0.05, 0) is 37.1 Å². The standard InChI is InChI=1S/C18H17ClF3N3O4S/c19-16-15(5-2-8-23-16)30(27,28)25-9-6-12(7-10-25)17(26)24-13-3-1-4-14(11-13)29-18(20,21)22/h1-5,8,11-12H,6-7,9-10H2,(H,24,26). The first-order chi connectivity index (χ1) is 14.1. The Morgan fingerprint density at radius 2 is 1.90 bits per heavy atom. The Labute approximate surface area is 175 Å². The number of sulfonamides is 1. The number of carbonyl (C=O) groups excluding carboxylic acids is 1. The lowest BCUT2D eigenvalue weighted by Gasteiger charge is -2.30. The summed E-state index contributed by atoms with van der Waals surface area (Å²) in [5.41, 5.74) is 0.152. The zero-order valence-corrected chi connectivity index (χ0v) is 17.0. The van der Waals surface area contributed by atoms with Gasteiger partial charge in [-0.25, -0.2) is 13.4 Å². The number of ether oxygens (including phenoxy) is 1. The van der Waals surface area contributed by atoms with E-state index in [0.717, 1.165) is 12.1 Å².